The summed E-state index contributed by atoms with van der Waals surface area (Å²) in [4.78, 5) is 45.3. The van der Waals surface area contributed by atoms with Gasteiger partial charge in [0, 0.05) is 11.6 Å². The lowest BCUT2D eigenvalue weighted by molar-refractivity contribution is -0.123. The first kappa shape index (κ1) is 18.0. The molecule has 1 saturated heterocycles. The number of hydrogen-bond donors (Lipinski definition) is 1. The number of carbonyl (C=O) groups excluding carboxylic acids is 3. The van der Waals surface area contributed by atoms with Gasteiger partial charge in [0.15, 0.2) is 0 Å². The van der Waals surface area contributed by atoms with Crippen LogP contribution >= 0.6 is 0 Å². The first-order chi connectivity index (χ1) is 15.1. The Hall–Kier alpha value is -3.80. The molecule has 4 atom stereocenters. The molecule has 6 rings (SSSR count). The van der Waals surface area contributed by atoms with Crippen LogP contribution in [0.25, 0.3) is 10.9 Å². The van der Waals surface area contributed by atoms with E-state index >= 15 is 0 Å². The van der Waals surface area contributed by atoms with Gasteiger partial charge in [-0.25, -0.2) is 4.90 Å². The normalized spacial score (nSPS) is 26.0. The van der Waals surface area contributed by atoms with Gasteiger partial charge in [-0.15, -0.1) is 0 Å². The minimum Gasteiger partial charge on any atom is -0.320 e. The second-order valence-electron chi connectivity index (χ2n) is 8.36. The fourth-order valence-electron chi connectivity index (χ4n) is 5.40. The Kier molecular flexibility index (Phi) is 3.84. The molecule has 6 nitrogen and oxygen atoms in total. The number of hydrogen-bond acceptors (Lipinski definition) is 4. The Labute approximate surface area is 178 Å². The zero-order chi connectivity index (χ0) is 21.1. The topological polar surface area (TPSA) is 79.4 Å². The molecule has 2 bridgehead atoms. The largest absolute Gasteiger partial charge is 0.320 e. The predicted molar refractivity (Wildman–Crippen MR) is 116 cm³/mol. The summed E-state index contributed by atoms with van der Waals surface area (Å²) in [6, 6.07) is 16.1. The second-order valence-corrected chi connectivity index (χ2v) is 8.36. The van der Waals surface area contributed by atoms with Crippen LogP contribution in [-0.4, -0.2) is 22.7 Å². The van der Waals surface area contributed by atoms with Crippen LogP contribution in [0.4, 0.5) is 11.4 Å². The maximum atomic E-state index is 13.2. The third kappa shape index (κ3) is 2.57. The van der Waals surface area contributed by atoms with Crippen LogP contribution < -0.4 is 10.2 Å². The lowest BCUT2D eigenvalue weighted by atomic mass is 9.85. The molecule has 2 heterocycles. The lowest BCUT2D eigenvalue weighted by Gasteiger charge is -2.20. The van der Waals surface area contributed by atoms with Crippen molar-refractivity contribution in [3.05, 3.63) is 78.5 Å². The number of para-hydroxylation sites is 2. The fraction of sp³-hybridized carbons (Fsp3) is 0.200. The SMILES string of the molecule is O=C(Nc1cccc2cccnc12)c1ccccc1N1C(=O)[C@@H]2[C@H](C1=O)[C@@H]1C=C[C@H]2C1. The molecule has 2 fully saturated rings. The molecule has 6 heteroatoms. The Balaban J connectivity index is 1.36. The highest BCUT2D eigenvalue weighted by molar-refractivity contribution is 6.25. The smallest absolute Gasteiger partial charge is 0.257 e. The van der Waals surface area contributed by atoms with E-state index < -0.39 is 0 Å². The lowest BCUT2D eigenvalue weighted by Crippen LogP contribution is -2.34. The number of aromatic nitrogens is 1. The van der Waals surface area contributed by atoms with E-state index in [2.05, 4.69) is 22.5 Å². The number of rotatable bonds is 3. The standard InChI is InChI=1S/C25H19N3O3/c29-23(27-18-8-3-5-14-6-4-12-26-22(14)18)17-7-1-2-9-19(17)28-24(30)20-15-10-11-16(13-15)21(20)25(28)31/h1-12,15-16,20-21H,13H2,(H,27,29)/t15-,16+,20-,21+. The predicted octanol–water partition coefficient (Wildman–Crippen LogP) is 3.80. The number of pyridine rings is 1. The van der Waals surface area contributed by atoms with Crippen LogP contribution in [0.3, 0.4) is 0 Å². The van der Waals surface area contributed by atoms with Gasteiger partial charge in [0.25, 0.3) is 5.91 Å². The molecule has 3 aliphatic rings. The summed E-state index contributed by atoms with van der Waals surface area (Å²) in [6.45, 7) is 0. The maximum Gasteiger partial charge on any atom is 0.257 e. The summed E-state index contributed by atoms with van der Waals surface area (Å²) in [5.74, 6) is -1.13. The number of carbonyl (C=O) groups is 3. The van der Waals surface area contributed by atoms with Gasteiger partial charge < -0.3 is 5.32 Å². The molecule has 2 aromatic carbocycles. The molecule has 1 saturated carbocycles. The maximum absolute atomic E-state index is 13.2. The number of amides is 3. The van der Waals surface area contributed by atoms with Crippen LogP contribution in [0.15, 0.2) is 72.9 Å². The molecule has 0 radical (unpaired) electrons. The summed E-state index contributed by atoms with van der Waals surface area (Å²) < 4.78 is 0. The van der Waals surface area contributed by atoms with Crippen molar-refractivity contribution < 1.29 is 14.4 Å². The van der Waals surface area contributed by atoms with Gasteiger partial charge in [-0.3, -0.25) is 19.4 Å². The van der Waals surface area contributed by atoms with Crippen molar-refractivity contribution in [1.29, 1.82) is 0 Å². The number of nitrogens with zero attached hydrogens (tertiary/aromatic N) is 2. The molecule has 0 unspecified atom stereocenters. The number of nitrogens with one attached hydrogen (secondary N) is 1. The molecule has 1 N–H and O–H groups in total. The highest BCUT2D eigenvalue weighted by Crippen LogP contribution is 2.53. The fourth-order valence-corrected chi connectivity index (χ4v) is 5.40. The van der Waals surface area contributed by atoms with Gasteiger partial charge in [-0.2, -0.15) is 0 Å². The van der Waals surface area contributed by atoms with Crippen LogP contribution in [0.1, 0.15) is 16.8 Å². The van der Waals surface area contributed by atoms with Crippen molar-refractivity contribution in [2.75, 3.05) is 10.2 Å². The van der Waals surface area contributed by atoms with E-state index in [4.69, 9.17) is 0 Å². The van der Waals surface area contributed by atoms with Crippen molar-refractivity contribution >= 4 is 40.0 Å². The van der Waals surface area contributed by atoms with Crippen LogP contribution in [0, 0.1) is 23.7 Å². The zero-order valence-electron chi connectivity index (χ0n) is 16.6. The summed E-state index contributed by atoms with van der Waals surface area (Å²) in [7, 11) is 0. The van der Waals surface area contributed by atoms with Gasteiger partial charge in [0.05, 0.1) is 34.3 Å². The van der Waals surface area contributed by atoms with E-state index in [-0.39, 0.29) is 47.0 Å². The van der Waals surface area contributed by atoms with Gasteiger partial charge in [0.2, 0.25) is 11.8 Å². The Morgan fingerprint density at radius 2 is 1.61 bits per heavy atom. The highest BCUT2D eigenvalue weighted by atomic mass is 16.2. The number of fused-ring (bicyclic) bond motifs is 6. The molecule has 3 amide bonds. The first-order valence-electron chi connectivity index (χ1n) is 10.4. The molecule has 152 valence electrons. The van der Waals surface area contributed by atoms with E-state index in [0.717, 1.165) is 11.8 Å². The molecule has 3 aromatic rings. The Morgan fingerprint density at radius 1 is 0.903 bits per heavy atom. The summed E-state index contributed by atoms with van der Waals surface area (Å²) in [6.07, 6.45) is 6.67. The summed E-state index contributed by atoms with van der Waals surface area (Å²) in [5.41, 5.74) is 1.90. The third-order valence-electron chi connectivity index (χ3n) is 6.74. The molecular formula is C25H19N3O3. The number of imide groups is 1. The molecule has 31 heavy (non-hydrogen) atoms. The minimum absolute atomic E-state index is 0.124. The second kappa shape index (κ2) is 6.60. The van der Waals surface area contributed by atoms with Gasteiger partial charge in [-0.1, -0.05) is 42.5 Å². The van der Waals surface area contributed by atoms with Crippen molar-refractivity contribution in [3.8, 4) is 0 Å². The van der Waals surface area contributed by atoms with Gasteiger partial charge in [0.1, 0.15) is 0 Å². The van der Waals surface area contributed by atoms with E-state index in [0.29, 0.717) is 16.9 Å². The van der Waals surface area contributed by atoms with Crippen molar-refractivity contribution in [1.82, 2.24) is 4.98 Å². The van der Waals surface area contributed by atoms with E-state index in [1.54, 1.807) is 36.5 Å². The Morgan fingerprint density at radius 3 is 2.39 bits per heavy atom. The molecule has 1 aromatic heterocycles. The Bertz CT molecular complexity index is 1260. The van der Waals surface area contributed by atoms with Crippen molar-refractivity contribution in [2.24, 2.45) is 23.7 Å². The van der Waals surface area contributed by atoms with Crippen LogP contribution in [0.5, 0.6) is 0 Å². The first-order valence-corrected chi connectivity index (χ1v) is 10.4. The van der Waals surface area contributed by atoms with Crippen LogP contribution in [0.2, 0.25) is 0 Å². The molecular weight excluding hydrogens is 390 g/mol. The van der Waals surface area contributed by atoms with Crippen molar-refractivity contribution in [3.63, 3.8) is 0 Å². The van der Waals surface area contributed by atoms with Crippen LogP contribution in [-0.2, 0) is 9.59 Å². The highest BCUT2D eigenvalue weighted by Gasteiger charge is 2.59. The molecule has 0 spiro atoms. The number of benzene rings is 2. The van der Waals surface area contributed by atoms with E-state index in [9.17, 15) is 14.4 Å². The molecule has 2 aliphatic carbocycles. The van der Waals surface area contributed by atoms with Crippen molar-refractivity contribution in [2.45, 2.75) is 6.42 Å². The third-order valence-corrected chi connectivity index (χ3v) is 6.74. The number of allylic oxidation sites excluding steroid dienone is 2. The van der Waals surface area contributed by atoms with Gasteiger partial charge >= 0.3 is 0 Å². The zero-order valence-corrected chi connectivity index (χ0v) is 16.6. The summed E-state index contributed by atoms with van der Waals surface area (Å²) in [5, 5.41) is 3.82. The summed E-state index contributed by atoms with van der Waals surface area (Å²) >= 11 is 0. The van der Waals surface area contributed by atoms with E-state index in [1.165, 1.54) is 4.90 Å². The molecule has 1 aliphatic heterocycles. The quantitative estimate of drug-likeness (QED) is 0.527. The van der Waals surface area contributed by atoms with Gasteiger partial charge in [-0.05, 0) is 42.5 Å². The monoisotopic (exact) mass is 409 g/mol. The average Bonchev–Trinajstić information content (AvgIpc) is 3.48. The average molecular weight is 409 g/mol. The minimum atomic E-state index is -0.382. The van der Waals surface area contributed by atoms with E-state index in [1.807, 2.05) is 24.3 Å². The number of anilines is 2.